The summed E-state index contributed by atoms with van der Waals surface area (Å²) in [4.78, 5) is 8.46. The van der Waals surface area contributed by atoms with Crippen LogP contribution in [0, 0.1) is 0 Å². The zero-order valence-electron chi connectivity index (χ0n) is 15.1. The minimum atomic E-state index is 0.983. The topological polar surface area (TPSA) is 19.5 Å². The number of anilines is 1. The van der Waals surface area contributed by atoms with Gasteiger partial charge >= 0.3 is 0 Å². The second-order valence-corrected chi connectivity index (χ2v) is 8.47. The Balaban J connectivity index is 1.70. The number of benzene rings is 2. The van der Waals surface area contributed by atoms with Gasteiger partial charge in [-0.2, -0.15) is 4.57 Å². The molecule has 3 heterocycles. The number of thiazole rings is 1. The molecule has 2 aromatic heterocycles. The summed E-state index contributed by atoms with van der Waals surface area (Å²) in [6.07, 6.45) is 2.22. The van der Waals surface area contributed by atoms with Gasteiger partial charge in [0.2, 0.25) is 5.52 Å². The van der Waals surface area contributed by atoms with E-state index in [1.165, 1.54) is 25.8 Å². The molecular weight excluding hydrogens is 370 g/mol. The van der Waals surface area contributed by atoms with E-state index >= 15 is 0 Å². The predicted octanol–water partition coefficient (Wildman–Crippen LogP) is 5.18. The Morgan fingerprint density at radius 1 is 1.00 bits per heavy atom. The third-order valence-corrected chi connectivity index (χ3v) is 6.94. The highest BCUT2D eigenvalue weighted by atomic mass is 32.1. The molecule has 5 rings (SSSR count). The SMILES string of the molecule is CN1C(c2ccccc2)=N/C(=C\c2sc3ccccc3[n+]2C)c2sccc21. The van der Waals surface area contributed by atoms with Crippen LogP contribution in [0.15, 0.2) is 71.0 Å². The van der Waals surface area contributed by atoms with Crippen LogP contribution < -0.4 is 9.47 Å². The van der Waals surface area contributed by atoms with Crippen LogP contribution in [0.3, 0.4) is 0 Å². The molecule has 1 aliphatic rings. The Hall–Kier alpha value is -2.76. The first-order valence-corrected chi connectivity index (χ1v) is 10.5. The van der Waals surface area contributed by atoms with Crippen molar-refractivity contribution < 1.29 is 4.57 Å². The Morgan fingerprint density at radius 3 is 2.59 bits per heavy atom. The lowest BCUT2D eigenvalue weighted by molar-refractivity contribution is -0.642. The number of para-hydroxylation sites is 1. The largest absolute Gasteiger partial charge is 0.328 e. The maximum atomic E-state index is 5.06. The first-order chi connectivity index (χ1) is 13.2. The van der Waals surface area contributed by atoms with Crippen molar-refractivity contribution >= 4 is 56.2 Å². The van der Waals surface area contributed by atoms with Crippen LogP contribution in [0.2, 0.25) is 0 Å². The minimum Gasteiger partial charge on any atom is -0.328 e. The summed E-state index contributed by atoms with van der Waals surface area (Å²) < 4.78 is 3.54. The first kappa shape index (κ1) is 16.4. The predicted molar refractivity (Wildman–Crippen MR) is 117 cm³/mol. The van der Waals surface area contributed by atoms with E-state index in [0.29, 0.717) is 0 Å². The van der Waals surface area contributed by atoms with E-state index in [1.807, 2.05) is 6.07 Å². The number of fused-ring (bicyclic) bond motifs is 2. The van der Waals surface area contributed by atoms with E-state index in [-0.39, 0.29) is 0 Å². The van der Waals surface area contributed by atoms with Crippen LogP contribution in [0.25, 0.3) is 22.0 Å². The molecule has 0 saturated heterocycles. The Bertz CT molecular complexity index is 1200. The Labute approximate surface area is 166 Å². The zero-order chi connectivity index (χ0) is 18.4. The van der Waals surface area contributed by atoms with Gasteiger partial charge < -0.3 is 4.90 Å². The summed E-state index contributed by atoms with van der Waals surface area (Å²) in [6, 6.07) is 21.1. The average molecular weight is 389 g/mol. The van der Waals surface area contributed by atoms with Crippen molar-refractivity contribution in [3.05, 3.63) is 81.5 Å². The highest BCUT2D eigenvalue weighted by molar-refractivity contribution is 7.19. The van der Waals surface area contributed by atoms with E-state index < -0.39 is 0 Å². The number of hydrogen-bond acceptors (Lipinski definition) is 4. The summed E-state index contributed by atoms with van der Waals surface area (Å²) in [6.45, 7) is 0. The van der Waals surface area contributed by atoms with Crippen molar-refractivity contribution in [3.8, 4) is 0 Å². The monoisotopic (exact) mass is 388 g/mol. The maximum Gasteiger partial charge on any atom is 0.264 e. The molecule has 0 N–H and O–H groups in total. The molecule has 0 amide bonds. The summed E-state index contributed by atoms with van der Waals surface area (Å²) >= 11 is 3.55. The number of aliphatic imine (C=N–C) groups is 1. The lowest BCUT2D eigenvalue weighted by atomic mass is 10.1. The number of aryl methyl sites for hydroxylation is 1. The van der Waals surface area contributed by atoms with Gasteiger partial charge in [-0.15, -0.1) is 11.3 Å². The van der Waals surface area contributed by atoms with Crippen LogP contribution in [0.5, 0.6) is 0 Å². The van der Waals surface area contributed by atoms with Gasteiger partial charge in [0.05, 0.1) is 16.3 Å². The van der Waals surface area contributed by atoms with Crippen molar-refractivity contribution in [1.29, 1.82) is 0 Å². The highest BCUT2D eigenvalue weighted by Crippen LogP contribution is 2.39. The van der Waals surface area contributed by atoms with E-state index in [2.05, 4.69) is 89.6 Å². The number of rotatable bonds is 2. The average Bonchev–Trinajstić information content (AvgIpc) is 3.31. The molecule has 0 unspecified atom stereocenters. The van der Waals surface area contributed by atoms with Crippen LogP contribution in [-0.4, -0.2) is 12.9 Å². The number of thiophene rings is 1. The molecule has 0 spiro atoms. The number of amidine groups is 1. The van der Waals surface area contributed by atoms with Gasteiger partial charge in [0.25, 0.3) is 5.01 Å². The normalized spacial score (nSPS) is 15.3. The molecule has 5 heteroatoms. The number of aromatic nitrogens is 1. The summed E-state index contributed by atoms with van der Waals surface area (Å²) in [5.74, 6) is 0.983. The van der Waals surface area contributed by atoms with Crippen LogP contribution >= 0.6 is 22.7 Å². The van der Waals surface area contributed by atoms with Gasteiger partial charge in [0, 0.05) is 24.8 Å². The molecule has 4 aromatic rings. The van der Waals surface area contributed by atoms with Gasteiger partial charge in [-0.3, -0.25) is 0 Å². The summed E-state index contributed by atoms with van der Waals surface area (Å²) in [7, 11) is 4.21. The fourth-order valence-electron chi connectivity index (χ4n) is 3.42. The van der Waals surface area contributed by atoms with Gasteiger partial charge in [-0.05, 0) is 17.5 Å². The van der Waals surface area contributed by atoms with Crippen molar-refractivity contribution in [3.63, 3.8) is 0 Å². The summed E-state index contributed by atoms with van der Waals surface area (Å²) in [5, 5.41) is 3.34. The highest BCUT2D eigenvalue weighted by Gasteiger charge is 2.25. The van der Waals surface area contributed by atoms with Crippen LogP contribution in [0.4, 0.5) is 5.69 Å². The van der Waals surface area contributed by atoms with Gasteiger partial charge in [-0.1, -0.05) is 53.8 Å². The third-order valence-electron chi connectivity index (χ3n) is 4.85. The minimum absolute atomic E-state index is 0.983. The van der Waals surface area contributed by atoms with Crippen LogP contribution in [0.1, 0.15) is 15.4 Å². The quantitative estimate of drug-likeness (QED) is 0.433. The molecule has 0 atom stereocenters. The van der Waals surface area contributed by atoms with Crippen molar-refractivity contribution in [2.45, 2.75) is 0 Å². The lowest BCUT2D eigenvalue weighted by Gasteiger charge is -2.26. The fourth-order valence-corrected chi connectivity index (χ4v) is 5.39. The third kappa shape index (κ3) is 2.71. The van der Waals surface area contributed by atoms with Gasteiger partial charge in [-0.25, -0.2) is 4.99 Å². The smallest absolute Gasteiger partial charge is 0.264 e. The van der Waals surface area contributed by atoms with Crippen LogP contribution in [-0.2, 0) is 7.05 Å². The molecule has 0 bridgehead atoms. The molecule has 27 heavy (non-hydrogen) atoms. The summed E-state index contributed by atoms with van der Waals surface area (Å²) in [5.41, 5.74) is 4.62. The Morgan fingerprint density at radius 2 is 1.78 bits per heavy atom. The van der Waals surface area contributed by atoms with E-state index in [4.69, 9.17) is 4.99 Å². The molecule has 0 saturated carbocycles. The molecule has 132 valence electrons. The van der Waals surface area contributed by atoms with E-state index in [1.54, 1.807) is 22.7 Å². The second kappa shape index (κ2) is 6.44. The lowest BCUT2D eigenvalue weighted by Crippen LogP contribution is -2.31. The standard InChI is InChI=1S/C22H18N3S2/c1-24-17-10-6-7-11-19(17)27-20(24)14-16-21-18(12-13-26-21)25(2)22(23-16)15-8-4-3-5-9-15/h3-14H,1-2H3/q+1. The molecule has 2 aromatic carbocycles. The molecule has 0 aliphatic carbocycles. The van der Waals surface area contributed by atoms with E-state index in [0.717, 1.165) is 17.1 Å². The maximum absolute atomic E-state index is 5.06. The second-order valence-electron chi connectivity index (χ2n) is 6.49. The van der Waals surface area contributed by atoms with Crippen molar-refractivity contribution in [2.24, 2.45) is 12.0 Å². The zero-order valence-corrected chi connectivity index (χ0v) is 16.7. The molecule has 3 nitrogen and oxygen atoms in total. The number of nitrogens with zero attached hydrogens (tertiary/aromatic N) is 3. The molecular formula is C22H18N3S2+. The van der Waals surface area contributed by atoms with Crippen molar-refractivity contribution in [2.75, 3.05) is 11.9 Å². The molecule has 1 aliphatic heterocycles. The first-order valence-electron chi connectivity index (χ1n) is 8.77. The Kier molecular flexibility index (Phi) is 3.92. The number of hydrogen-bond donors (Lipinski definition) is 0. The van der Waals surface area contributed by atoms with Crippen molar-refractivity contribution in [1.82, 2.24) is 0 Å². The van der Waals surface area contributed by atoms with Gasteiger partial charge in [0.15, 0.2) is 0 Å². The fraction of sp³-hybridized carbons (Fsp3) is 0.0909. The molecule has 0 fully saturated rings. The van der Waals surface area contributed by atoms with Gasteiger partial charge in [0.1, 0.15) is 17.6 Å². The van der Waals surface area contributed by atoms with E-state index in [9.17, 15) is 0 Å². The molecule has 0 radical (unpaired) electrons.